The first-order chi connectivity index (χ1) is 18.7. The van der Waals surface area contributed by atoms with Crippen molar-refractivity contribution in [3.63, 3.8) is 0 Å². The van der Waals surface area contributed by atoms with Gasteiger partial charge in [0.2, 0.25) is 5.91 Å². The van der Waals surface area contributed by atoms with Crippen molar-refractivity contribution in [2.75, 3.05) is 13.2 Å². The Bertz CT molecular complexity index is 835. The van der Waals surface area contributed by atoms with Gasteiger partial charge in [-0.1, -0.05) is 103 Å². The normalized spacial score (nSPS) is 10.9. The van der Waals surface area contributed by atoms with Crippen LogP contribution in [0.25, 0.3) is 0 Å². The molecule has 2 N–H and O–H groups in total. The van der Waals surface area contributed by atoms with Crippen LogP contribution in [0.1, 0.15) is 116 Å². The molecule has 0 saturated carbocycles. The van der Waals surface area contributed by atoms with Crippen molar-refractivity contribution >= 4 is 5.91 Å². The van der Waals surface area contributed by atoms with Crippen LogP contribution in [0, 0.1) is 0 Å². The highest BCUT2D eigenvalue weighted by atomic mass is 16.5. The molecule has 0 saturated heterocycles. The van der Waals surface area contributed by atoms with Gasteiger partial charge in [0.1, 0.15) is 23.0 Å². The molecule has 0 aromatic heterocycles. The first-order valence-electron chi connectivity index (χ1n) is 15.1. The molecule has 0 atom stereocenters. The number of nitrogens with one attached hydrogen (secondary N) is 1. The third-order valence-corrected chi connectivity index (χ3v) is 6.85. The number of carbonyl (C=O) groups excluding carboxylic acids is 1. The van der Waals surface area contributed by atoms with E-state index in [1.54, 1.807) is 24.3 Å². The van der Waals surface area contributed by atoms with E-state index < -0.39 is 0 Å². The third kappa shape index (κ3) is 16.2. The van der Waals surface area contributed by atoms with Gasteiger partial charge < -0.3 is 19.9 Å². The summed E-state index contributed by atoms with van der Waals surface area (Å²) in [6, 6.07) is 13.9. The molecule has 0 aliphatic carbocycles. The molecule has 0 unspecified atom stereocenters. The highest BCUT2D eigenvalue weighted by Crippen LogP contribution is 2.25. The number of rotatable bonds is 23. The van der Waals surface area contributed by atoms with Crippen molar-refractivity contribution < 1.29 is 19.4 Å². The van der Waals surface area contributed by atoms with Gasteiger partial charge in [-0.2, -0.15) is 0 Å². The molecule has 5 nitrogen and oxygen atoms in total. The van der Waals surface area contributed by atoms with E-state index in [1.165, 1.54) is 96.3 Å². The first-order valence-corrected chi connectivity index (χ1v) is 15.1. The molecule has 0 bridgehead atoms. The lowest BCUT2D eigenvalue weighted by molar-refractivity contribution is -0.121. The molecule has 38 heavy (non-hydrogen) atoms. The molecular weight excluding hydrogens is 474 g/mol. The molecule has 0 radical (unpaired) electrons. The van der Waals surface area contributed by atoms with Crippen LogP contribution in [0.4, 0.5) is 0 Å². The minimum absolute atomic E-state index is 0.0400. The smallest absolute Gasteiger partial charge is 0.223 e. The zero-order chi connectivity index (χ0) is 27.1. The van der Waals surface area contributed by atoms with Crippen molar-refractivity contribution in [1.82, 2.24) is 5.32 Å². The monoisotopic (exact) mass is 525 g/mol. The topological polar surface area (TPSA) is 67.8 Å². The predicted octanol–water partition coefficient (Wildman–Crippen LogP) is 9.33. The number of hydrogen-bond acceptors (Lipinski definition) is 4. The molecule has 0 fully saturated rings. The van der Waals surface area contributed by atoms with Gasteiger partial charge in [-0.15, -0.1) is 0 Å². The molecule has 0 heterocycles. The van der Waals surface area contributed by atoms with Crippen LogP contribution >= 0.6 is 0 Å². The summed E-state index contributed by atoms with van der Waals surface area (Å²) in [5, 5.41) is 12.3. The van der Waals surface area contributed by atoms with Gasteiger partial charge in [0.15, 0.2) is 0 Å². The van der Waals surface area contributed by atoms with Crippen LogP contribution in [-0.4, -0.2) is 24.2 Å². The maximum Gasteiger partial charge on any atom is 0.223 e. The Kier molecular flexibility index (Phi) is 17.6. The number of unbranched alkanes of at least 4 members (excludes halogenated alkanes) is 15. The van der Waals surface area contributed by atoms with Gasteiger partial charge in [0, 0.05) is 6.54 Å². The maximum absolute atomic E-state index is 12.0. The lowest BCUT2D eigenvalue weighted by atomic mass is 10.0. The molecular formula is C33H51NO4. The first kappa shape index (κ1) is 31.5. The summed E-state index contributed by atoms with van der Waals surface area (Å²) in [4.78, 5) is 12.0. The number of ether oxygens (including phenoxy) is 2. The average Bonchev–Trinajstić information content (AvgIpc) is 2.92. The van der Waals surface area contributed by atoms with E-state index in [9.17, 15) is 9.90 Å². The van der Waals surface area contributed by atoms with Crippen LogP contribution in [-0.2, 0) is 4.79 Å². The van der Waals surface area contributed by atoms with Crippen molar-refractivity contribution in [3.05, 3.63) is 48.5 Å². The largest absolute Gasteiger partial charge is 0.508 e. The number of phenolic OH excluding ortho intramolecular Hbond substituents is 1. The molecule has 212 valence electrons. The zero-order valence-electron chi connectivity index (χ0n) is 23.7. The van der Waals surface area contributed by atoms with E-state index >= 15 is 0 Å². The Balaban J connectivity index is 1.35. The van der Waals surface area contributed by atoms with Gasteiger partial charge >= 0.3 is 0 Å². The third-order valence-electron chi connectivity index (χ3n) is 6.85. The van der Waals surface area contributed by atoms with Crippen LogP contribution in [0.5, 0.6) is 23.0 Å². The average molecular weight is 526 g/mol. The fourth-order valence-electron chi connectivity index (χ4n) is 4.51. The maximum atomic E-state index is 12.0. The number of hydrogen-bond donors (Lipinski definition) is 2. The Morgan fingerprint density at radius 2 is 1.05 bits per heavy atom. The summed E-state index contributed by atoms with van der Waals surface area (Å²) in [6.07, 6.45) is 22.0. The Morgan fingerprint density at radius 3 is 1.55 bits per heavy atom. The fraction of sp³-hybridized carbons (Fsp3) is 0.606. The molecule has 0 aliphatic heterocycles. The molecule has 0 spiro atoms. The summed E-state index contributed by atoms with van der Waals surface area (Å²) in [5.41, 5.74) is 0. The standard InChI is InChI=1S/C33H51NO4/c1-2-3-4-5-6-7-8-9-10-11-12-13-14-15-16-17-27-34-33(36)26-28-37-30-22-24-32(25-23-30)38-31-20-18-29(35)19-21-31/h18-25,35H,2-17,26-28H2,1H3,(H,34,36). The lowest BCUT2D eigenvalue weighted by Crippen LogP contribution is -2.25. The zero-order valence-corrected chi connectivity index (χ0v) is 23.7. The fourth-order valence-corrected chi connectivity index (χ4v) is 4.51. The van der Waals surface area contributed by atoms with E-state index in [2.05, 4.69) is 12.2 Å². The van der Waals surface area contributed by atoms with Crippen LogP contribution in [0.15, 0.2) is 48.5 Å². The van der Waals surface area contributed by atoms with Crippen molar-refractivity contribution in [1.29, 1.82) is 0 Å². The molecule has 2 rings (SSSR count). The Morgan fingerprint density at radius 1 is 0.632 bits per heavy atom. The van der Waals surface area contributed by atoms with E-state index in [0.717, 1.165) is 13.0 Å². The number of phenols is 1. The molecule has 2 aromatic carbocycles. The molecule has 0 aliphatic rings. The number of amides is 1. The van der Waals surface area contributed by atoms with Crippen molar-refractivity contribution in [3.8, 4) is 23.0 Å². The lowest BCUT2D eigenvalue weighted by Gasteiger charge is -2.09. The van der Waals surface area contributed by atoms with E-state index in [0.29, 0.717) is 30.3 Å². The Labute approximate surface area is 231 Å². The van der Waals surface area contributed by atoms with Crippen molar-refractivity contribution in [2.45, 2.75) is 116 Å². The van der Waals surface area contributed by atoms with Gasteiger partial charge in [-0.25, -0.2) is 0 Å². The number of aromatic hydroxyl groups is 1. The minimum atomic E-state index is 0.0400. The SMILES string of the molecule is CCCCCCCCCCCCCCCCCCNC(=O)CCOc1ccc(Oc2ccc(O)cc2)cc1. The van der Waals surface area contributed by atoms with E-state index in [4.69, 9.17) is 9.47 Å². The minimum Gasteiger partial charge on any atom is -0.508 e. The van der Waals surface area contributed by atoms with Gasteiger partial charge in [-0.3, -0.25) is 4.79 Å². The summed E-state index contributed by atoms with van der Waals surface area (Å²) in [5.74, 6) is 2.28. The molecule has 1 amide bonds. The van der Waals surface area contributed by atoms with Crippen LogP contribution in [0.3, 0.4) is 0 Å². The quantitative estimate of drug-likeness (QED) is 0.142. The van der Waals surface area contributed by atoms with Crippen LogP contribution < -0.4 is 14.8 Å². The van der Waals surface area contributed by atoms with E-state index in [1.807, 2.05) is 24.3 Å². The summed E-state index contributed by atoms with van der Waals surface area (Å²) in [6.45, 7) is 3.38. The predicted molar refractivity (Wildman–Crippen MR) is 157 cm³/mol. The van der Waals surface area contributed by atoms with Gasteiger partial charge in [-0.05, 0) is 55.0 Å². The van der Waals surface area contributed by atoms with Gasteiger partial charge in [0.05, 0.1) is 13.0 Å². The van der Waals surface area contributed by atoms with Gasteiger partial charge in [0.25, 0.3) is 0 Å². The summed E-state index contributed by atoms with van der Waals surface area (Å²) < 4.78 is 11.4. The highest BCUT2D eigenvalue weighted by Gasteiger charge is 2.03. The summed E-state index contributed by atoms with van der Waals surface area (Å²) in [7, 11) is 0. The van der Waals surface area contributed by atoms with E-state index in [-0.39, 0.29) is 11.7 Å². The second kappa shape index (κ2) is 21.3. The van der Waals surface area contributed by atoms with Crippen molar-refractivity contribution in [2.24, 2.45) is 0 Å². The Hall–Kier alpha value is -2.69. The highest BCUT2D eigenvalue weighted by molar-refractivity contribution is 5.75. The second-order valence-corrected chi connectivity index (χ2v) is 10.3. The second-order valence-electron chi connectivity index (χ2n) is 10.3. The number of benzene rings is 2. The molecule has 5 heteroatoms. The summed E-state index contributed by atoms with van der Waals surface area (Å²) >= 11 is 0. The van der Waals surface area contributed by atoms with Crippen LogP contribution in [0.2, 0.25) is 0 Å². The molecule has 2 aromatic rings. The number of carbonyl (C=O) groups is 1.